The van der Waals surface area contributed by atoms with Gasteiger partial charge in [0, 0.05) is 10.8 Å². The van der Waals surface area contributed by atoms with Crippen LogP contribution in [0.15, 0.2) is 35.0 Å². The molecule has 9 heteroatoms. The van der Waals surface area contributed by atoms with Gasteiger partial charge in [-0.15, -0.1) is 5.10 Å². The first kappa shape index (κ1) is 15.3. The predicted molar refractivity (Wildman–Crippen MR) is 73.3 cm³/mol. The van der Waals surface area contributed by atoms with Crippen molar-refractivity contribution in [3.63, 3.8) is 0 Å². The Morgan fingerprint density at radius 1 is 1.26 bits per heavy atom. The van der Waals surface area contributed by atoms with Gasteiger partial charge < -0.3 is 9.26 Å². The third-order valence-corrected chi connectivity index (χ3v) is 3.08. The molecule has 0 aliphatic heterocycles. The Kier molecular flexibility index (Phi) is 3.95. The lowest BCUT2D eigenvalue weighted by Crippen LogP contribution is -2.18. The third-order valence-electron chi connectivity index (χ3n) is 3.08. The van der Waals surface area contributed by atoms with Crippen LogP contribution in [0.2, 0.25) is 0 Å². The minimum atomic E-state index is -4.41. The van der Waals surface area contributed by atoms with Gasteiger partial charge in [0.15, 0.2) is 5.69 Å². The molecular weight excluding hydrogens is 313 g/mol. The summed E-state index contributed by atoms with van der Waals surface area (Å²) in [7, 11) is 0. The van der Waals surface area contributed by atoms with Crippen molar-refractivity contribution < 1.29 is 22.4 Å². The van der Waals surface area contributed by atoms with Gasteiger partial charge in [0.05, 0.1) is 6.20 Å². The number of fused-ring (bicyclic) bond motifs is 1. The lowest BCUT2D eigenvalue weighted by atomic mass is 10.1. The first-order valence-corrected chi connectivity index (χ1v) is 6.67. The molecule has 0 saturated heterocycles. The number of halogens is 3. The summed E-state index contributed by atoms with van der Waals surface area (Å²) in [5, 5.41) is 13.1. The molecule has 0 spiro atoms. The number of ether oxygens (including phenoxy) is 1. The Morgan fingerprint density at radius 2 is 2.04 bits per heavy atom. The zero-order valence-electron chi connectivity index (χ0n) is 11.9. The monoisotopic (exact) mass is 324 g/mol. The van der Waals surface area contributed by atoms with Gasteiger partial charge in [-0.2, -0.15) is 23.3 Å². The number of hydrogen-bond donors (Lipinski definition) is 0. The van der Waals surface area contributed by atoms with E-state index in [9.17, 15) is 13.2 Å². The summed E-state index contributed by atoms with van der Waals surface area (Å²) in [6.07, 6.45) is -3.79. The molecular formula is C14H11F3N4O2. The van der Waals surface area contributed by atoms with Crippen molar-refractivity contribution in [2.45, 2.75) is 19.2 Å². The van der Waals surface area contributed by atoms with E-state index in [-0.39, 0.29) is 11.7 Å². The standard InChI is InChI=1S/C14H11F3N4O2/c1-8(22-7-14(15,16)17)12-19-13(23-21-12)11-10-5-3-2-4-9(10)6-18-20-11/h2-6,8H,7H2,1H3. The Bertz CT molecular complexity index is 814. The van der Waals surface area contributed by atoms with Gasteiger partial charge >= 0.3 is 6.18 Å². The molecule has 0 radical (unpaired) electrons. The number of alkyl halides is 3. The summed E-state index contributed by atoms with van der Waals surface area (Å²) in [5.41, 5.74) is 0.366. The molecule has 3 rings (SSSR count). The van der Waals surface area contributed by atoms with Crippen LogP contribution in [0.25, 0.3) is 22.4 Å². The zero-order chi connectivity index (χ0) is 16.4. The summed E-state index contributed by atoms with van der Waals surface area (Å²) in [6, 6.07) is 7.33. The molecule has 3 aromatic rings. The molecule has 1 unspecified atom stereocenters. The molecule has 0 aliphatic rings. The van der Waals surface area contributed by atoms with E-state index in [0.29, 0.717) is 5.69 Å². The van der Waals surface area contributed by atoms with Gasteiger partial charge in [-0.05, 0) is 6.92 Å². The molecule has 0 N–H and O–H groups in total. The zero-order valence-corrected chi connectivity index (χ0v) is 11.9. The highest BCUT2D eigenvalue weighted by molar-refractivity contribution is 5.91. The fraction of sp³-hybridized carbons (Fsp3) is 0.286. The van der Waals surface area contributed by atoms with Crippen LogP contribution in [0, 0.1) is 0 Å². The molecule has 0 saturated carbocycles. The van der Waals surface area contributed by atoms with Crippen molar-refractivity contribution in [3.05, 3.63) is 36.3 Å². The molecule has 0 amide bonds. The topological polar surface area (TPSA) is 73.9 Å². The van der Waals surface area contributed by atoms with Gasteiger partial charge in [-0.1, -0.05) is 29.4 Å². The fourth-order valence-electron chi connectivity index (χ4n) is 1.98. The Labute approximate surface area is 128 Å². The van der Waals surface area contributed by atoms with Crippen LogP contribution in [0.3, 0.4) is 0 Å². The second-order valence-electron chi connectivity index (χ2n) is 4.81. The fourth-order valence-corrected chi connectivity index (χ4v) is 1.98. The SMILES string of the molecule is CC(OCC(F)(F)F)c1noc(-c2nncc3ccccc23)n1. The summed E-state index contributed by atoms with van der Waals surface area (Å²) in [6.45, 7) is 0.0290. The normalized spacial score (nSPS) is 13.4. The Morgan fingerprint density at radius 3 is 2.83 bits per heavy atom. The second kappa shape index (κ2) is 5.92. The van der Waals surface area contributed by atoms with Gasteiger partial charge in [0.1, 0.15) is 12.7 Å². The Balaban J connectivity index is 1.86. The summed E-state index contributed by atoms with van der Waals surface area (Å²) in [5.74, 6) is 0.0887. The van der Waals surface area contributed by atoms with E-state index >= 15 is 0 Å². The van der Waals surface area contributed by atoms with E-state index in [0.717, 1.165) is 10.8 Å². The minimum absolute atomic E-state index is 0.0129. The maximum absolute atomic E-state index is 12.2. The van der Waals surface area contributed by atoms with Crippen molar-refractivity contribution in [2.24, 2.45) is 0 Å². The van der Waals surface area contributed by atoms with Crippen LogP contribution in [0.4, 0.5) is 13.2 Å². The number of hydrogen-bond acceptors (Lipinski definition) is 6. The molecule has 0 bridgehead atoms. The van der Waals surface area contributed by atoms with Gasteiger partial charge in [-0.25, -0.2) is 0 Å². The van der Waals surface area contributed by atoms with Crippen molar-refractivity contribution in [1.82, 2.24) is 20.3 Å². The van der Waals surface area contributed by atoms with Crippen LogP contribution in [-0.2, 0) is 4.74 Å². The lowest BCUT2D eigenvalue weighted by molar-refractivity contribution is -0.185. The van der Waals surface area contributed by atoms with Crippen molar-refractivity contribution in [3.8, 4) is 11.6 Å². The number of rotatable bonds is 4. The average molecular weight is 324 g/mol. The average Bonchev–Trinajstić information content (AvgIpc) is 3.01. The van der Waals surface area contributed by atoms with Gasteiger partial charge in [-0.3, -0.25) is 0 Å². The lowest BCUT2D eigenvalue weighted by Gasteiger charge is -2.10. The van der Waals surface area contributed by atoms with Crippen LogP contribution >= 0.6 is 0 Å². The molecule has 1 aromatic carbocycles. The second-order valence-corrected chi connectivity index (χ2v) is 4.81. The quantitative estimate of drug-likeness (QED) is 0.733. The maximum Gasteiger partial charge on any atom is 0.411 e. The van der Waals surface area contributed by atoms with Crippen molar-refractivity contribution in [2.75, 3.05) is 6.61 Å². The highest BCUT2D eigenvalue weighted by atomic mass is 19.4. The van der Waals surface area contributed by atoms with E-state index in [1.54, 1.807) is 6.20 Å². The molecule has 0 aliphatic carbocycles. The number of nitrogens with zero attached hydrogens (tertiary/aromatic N) is 4. The number of benzene rings is 1. The molecule has 2 aromatic heterocycles. The smallest absolute Gasteiger partial charge is 0.361 e. The Hall–Kier alpha value is -2.55. The van der Waals surface area contributed by atoms with Crippen LogP contribution in [0.5, 0.6) is 0 Å². The van der Waals surface area contributed by atoms with Crippen molar-refractivity contribution in [1.29, 1.82) is 0 Å². The maximum atomic E-state index is 12.2. The third kappa shape index (κ3) is 3.45. The van der Waals surface area contributed by atoms with E-state index in [1.807, 2.05) is 24.3 Å². The molecule has 1 atom stereocenters. The van der Waals surface area contributed by atoms with E-state index in [4.69, 9.17) is 4.52 Å². The van der Waals surface area contributed by atoms with Crippen molar-refractivity contribution >= 4 is 10.8 Å². The highest BCUT2D eigenvalue weighted by Crippen LogP contribution is 2.26. The van der Waals surface area contributed by atoms with Crippen LogP contribution < -0.4 is 0 Å². The molecule has 120 valence electrons. The first-order valence-electron chi connectivity index (χ1n) is 6.67. The minimum Gasteiger partial charge on any atom is -0.361 e. The molecule has 0 fully saturated rings. The largest absolute Gasteiger partial charge is 0.411 e. The van der Waals surface area contributed by atoms with Crippen LogP contribution in [0.1, 0.15) is 18.9 Å². The highest BCUT2D eigenvalue weighted by Gasteiger charge is 2.30. The van der Waals surface area contributed by atoms with E-state index < -0.39 is 18.9 Å². The molecule has 23 heavy (non-hydrogen) atoms. The van der Waals surface area contributed by atoms with Crippen LogP contribution in [-0.4, -0.2) is 33.1 Å². The molecule has 2 heterocycles. The summed E-state index contributed by atoms with van der Waals surface area (Å²) < 4.78 is 46.3. The number of aromatic nitrogens is 4. The summed E-state index contributed by atoms with van der Waals surface area (Å²) >= 11 is 0. The first-order chi connectivity index (χ1) is 10.9. The van der Waals surface area contributed by atoms with E-state index in [1.165, 1.54) is 6.92 Å². The summed E-state index contributed by atoms with van der Waals surface area (Å²) in [4.78, 5) is 4.06. The van der Waals surface area contributed by atoms with E-state index in [2.05, 4.69) is 25.1 Å². The van der Waals surface area contributed by atoms with Gasteiger partial charge in [0.25, 0.3) is 5.89 Å². The van der Waals surface area contributed by atoms with Gasteiger partial charge in [0.2, 0.25) is 5.82 Å². The molecule has 6 nitrogen and oxygen atoms in total. The predicted octanol–water partition coefficient (Wildman–Crippen LogP) is 3.32.